The van der Waals surface area contributed by atoms with E-state index in [0.29, 0.717) is 38.4 Å². The van der Waals surface area contributed by atoms with Crippen LogP contribution in [0.4, 0.5) is 0 Å². The molecule has 0 aromatic rings. The second-order valence-corrected chi connectivity index (χ2v) is 17.3. The quantitative estimate of drug-likeness (QED) is 0.486. The number of fused-ring (bicyclic) bond motifs is 4. The molecular formula is C20H29O8S3-. The van der Waals surface area contributed by atoms with Gasteiger partial charge in [0.2, 0.25) is 0 Å². The zero-order valence-electron chi connectivity index (χ0n) is 18.0. The van der Waals surface area contributed by atoms with Gasteiger partial charge in [0.25, 0.3) is 0 Å². The molecule has 4 unspecified atom stereocenters. The molecule has 0 saturated heterocycles. The Morgan fingerprint density at radius 3 is 1.90 bits per heavy atom. The van der Waals surface area contributed by atoms with Gasteiger partial charge in [-0.05, 0) is 49.4 Å². The van der Waals surface area contributed by atoms with Gasteiger partial charge < -0.3 is 0 Å². The summed E-state index contributed by atoms with van der Waals surface area (Å²) in [4.78, 5) is 25.2. The second kappa shape index (κ2) is 6.62. The van der Waals surface area contributed by atoms with Crippen LogP contribution in [0.3, 0.4) is 0 Å². The zero-order chi connectivity index (χ0) is 23.3. The van der Waals surface area contributed by atoms with Gasteiger partial charge in [0, 0.05) is 45.3 Å². The van der Waals surface area contributed by atoms with Crippen molar-refractivity contribution in [1.82, 2.24) is 0 Å². The Hall–Kier alpha value is -0.810. The Labute approximate surface area is 184 Å². The molecule has 11 heteroatoms. The summed E-state index contributed by atoms with van der Waals surface area (Å²) in [5, 5.41) is 0. The van der Waals surface area contributed by atoms with E-state index < -0.39 is 61.2 Å². The molecule has 8 nitrogen and oxygen atoms in total. The molecule has 0 radical (unpaired) electrons. The predicted octanol–water partition coefficient (Wildman–Crippen LogP) is 1.46. The van der Waals surface area contributed by atoms with Crippen molar-refractivity contribution in [3.05, 3.63) is 3.91 Å². The highest BCUT2D eigenvalue weighted by Crippen LogP contribution is 2.64. The fourth-order valence-corrected chi connectivity index (χ4v) is 15.6. The van der Waals surface area contributed by atoms with Crippen molar-refractivity contribution in [3.8, 4) is 0 Å². The molecule has 0 heterocycles. The summed E-state index contributed by atoms with van der Waals surface area (Å²) >= 11 is 0. The Morgan fingerprint density at radius 2 is 1.48 bits per heavy atom. The summed E-state index contributed by atoms with van der Waals surface area (Å²) in [6.07, 6.45) is 3.34. The van der Waals surface area contributed by atoms with E-state index in [-0.39, 0.29) is 36.2 Å². The molecule has 31 heavy (non-hydrogen) atoms. The van der Waals surface area contributed by atoms with Crippen molar-refractivity contribution < 1.29 is 34.8 Å². The maximum Gasteiger partial charge on any atom is 0.140 e. The van der Waals surface area contributed by atoms with Crippen LogP contribution in [0, 0.1) is 32.0 Å². The zero-order valence-corrected chi connectivity index (χ0v) is 20.5. The molecule has 0 aliphatic heterocycles. The van der Waals surface area contributed by atoms with Gasteiger partial charge >= 0.3 is 0 Å². The van der Waals surface area contributed by atoms with Crippen molar-refractivity contribution in [1.29, 1.82) is 0 Å². The number of carbonyl (C=O) groups is 2. The number of carbonyl (C=O) groups excluding carboxylic acids is 2. The summed E-state index contributed by atoms with van der Waals surface area (Å²) < 4.78 is 77.0. The second-order valence-electron chi connectivity index (χ2n) is 10.7. The van der Waals surface area contributed by atoms with E-state index in [1.54, 1.807) is 13.8 Å². The first kappa shape index (κ1) is 23.4. The average molecular weight is 494 g/mol. The Bertz CT molecular complexity index is 1160. The number of ketones is 2. The van der Waals surface area contributed by atoms with Gasteiger partial charge in [-0.15, -0.1) is 0 Å². The van der Waals surface area contributed by atoms with Gasteiger partial charge in [-0.25, -0.2) is 0 Å². The molecule has 0 aromatic carbocycles. The maximum absolute atomic E-state index is 13.4. The minimum Gasteiger partial charge on any atom is -0.299 e. The highest BCUT2D eigenvalue weighted by Gasteiger charge is 2.65. The lowest BCUT2D eigenvalue weighted by molar-refractivity contribution is -0.128. The molecule has 0 aromatic heterocycles. The van der Waals surface area contributed by atoms with Crippen LogP contribution in [0.15, 0.2) is 0 Å². The van der Waals surface area contributed by atoms with Crippen LogP contribution in [0.1, 0.15) is 58.8 Å². The van der Waals surface area contributed by atoms with Crippen molar-refractivity contribution in [2.24, 2.45) is 28.1 Å². The molecule has 0 N–H and O–H groups in total. The molecule has 4 fully saturated rings. The number of Topliss-reactive ketones (excluding diaryl/α,β-unsaturated/α-hetero) is 2. The minimum absolute atomic E-state index is 0.00101. The molecule has 0 amide bonds. The molecule has 176 valence electrons. The van der Waals surface area contributed by atoms with Gasteiger partial charge in [-0.1, -0.05) is 13.8 Å². The first-order valence-electron chi connectivity index (χ1n) is 10.6. The van der Waals surface area contributed by atoms with Crippen LogP contribution in [-0.4, -0.2) is 54.6 Å². The minimum atomic E-state index is -4.84. The molecule has 4 aliphatic rings. The fourth-order valence-electron chi connectivity index (χ4n) is 6.92. The highest BCUT2D eigenvalue weighted by atomic mass is 32.3. The summed E-state index contributed by atoms with van der Waals surface area (Å²) in [7, 11) is -14.3. The van der Waals surface area contributed by atoms with Gasteiger partial charge in [-0.3, -0.25) is 34.8 Å². The van der Waals surface area contributed by atoms with Gasteiger partial charge in [0.1, 0.15) is 11.6 Å². The molecular weight excluding hydrogens is 464 g/mol. The van der Waals surface area contributed by atoms with E-state index >= 15 is 0 Å². The van der Waals surface area contributed by atoms with E-state index in [4.69, 9.17) is 0 Å². The molecule has 0 spiro atoms. The smallest absolute Gasteiger partial charge is 0.140 e. The SMILES string of the molecule is CC1(C)C2CCC1(CS(=O)(=O)[C-](S(C)(=O)=O)S(=O)(=O)CC13CCC(CC1=O)C3)C(=O)C2. The molecule has 4 rings (SSSR count). The standard InChI is InChI=1S/C20H29O8S3/c1-18(2)14-5-7-20(18,16(22)9-14)12-31(27,28)17(29(3,23)24)30(25,26)11-19-6-4-13(10-19)8-15(19)21/h13-14H,4-12H2,1-3H3/q-1. The largest absolute Gasteiger partial charge is 0.299 e. The van der Waals surface area contributed by atoms with Gasteiger partial charge in [0.05, 0.1) is 29.5 Å². The van der Waals surface area contributed by atoms with E-state index in [1.165, 1.54) is 0 Å². The third kappa shape index (κ3) is 3.27. The molecule has 4 saturated carbocycles. The Kier molecular flexibility index (Phi) is 4.99. The predicted molar refractivity (Wildman–Crippen MR) is 114 cm³/mol. The lowest BCUT2D eigenvalue weighted by atomic mass is 9.70. The van der Waals surface area contributed by atoms with Crippen LogP contribution in [-0.2, 0) is 39.1 Å². The monoisotopic (exact) mass is 493 g/mol. The van der Waals surface area contributed by atoms with Crippen molar-refractivity contribution >= 4 is 41.1 Å². The van der Waals surface area contributed by atoms with Crippen molar-refractivity contribution in [3.63, 3.8) is 0 Å². The van der Waals surface area contributed by atoms with Crippen molar-refractivity contribution in [2.75, 3.05) is 17.8 Å². The van der Waals surface area contributed by atoms with Crippen LogP contribution >= 0.6 is 0 Å². The normalized spacial score (nSPS) is 37.3. The van der Waals surface area contributed by atoms with E-state index in [0.717, 1.165) is 0 Å². The van der Waals surface area contributed by atoms with Gasteiger partial charge in [0.15, 0.2) is 0 Å². The first-order valence-corrected chi connectivity index (χ1v) is 15.8. The highest BCUT2D eigenvalue weighted by molar-refractivity contribution is 8.28. The first-order chi connectivity index (χ1) is 14.0. The summed E-state index contributed by atoms with van der Waals surface area (Å²) in [6, 6.07) is 0. The average Bonchev–Trinajstić information content (AvgIpc) is 3.20. The Balaban J connectivity index is 1.73. The summed E-state index contributed by atoms with van der Waals surface area (Å²) in [5.74, 6) is -2.03. The van der Waals surface area contributed by atoms with E-state index in [9.17, 15) is 34.8 Å². The van der Waals surface area contributed by atoms with Crippen molar-refractivity contribution in [2.45, 2.75) is 58.8 Å². The Morgan fingerprint density at radius 1 is 0.871 bits per heavy atom. The van der Waals surface area contributed by atoms with E-state index in [1.807, 2.05) is 0 Å². The fraction of sp³-hybridized carbons (Fsp3) is 0.850. The number of sulfone groups is 3. The maximum atomic E-state index is 13.4. The van der Waals surface area contributed by atoms with Crippen LogP contribution in [0.25, 0.3) is 0 Å². The summed E-state index contributed by atoms with van der Waals surface area (Å²) in [6.45, 7) is 3.60. The third-order valence-electron chi connectivity index (χ3n) is 8.63. The van der Waals surface area contributed by atoms with Crippen LogP contribution in [0.2, 0.25) is 0 Å². The molecule has 4 bridgehead atoms. The molecule has 4 atom stereocenters. The lowest BCUT2D eigenvalue weighted by Crippen LogP contribution is -2.46. The topological polar surface area (TPSA) is 137 Å². The van der Waals surface area contributed by atoms with Gasteiger partial charge in [-0.2, -0.15) is 0 Å². The lowest BCUT2D eigenvalue weighted by Gasteiger charge is -2.40. The van der Waals surface area contributed by atoms with Crippen LogP contribution < -0.4 is 0 Å². The third-order valence-corrected chi connectivity index (χ3v) is 16.9. The number of rotatable bonds is 7. The number of hydrogen-bond acceptors (Lipinski definition) is 8. The summed E-state index contributed by atoms with van der Waals surface area (Å²) in [5.41, 5.74) is -3.15. The molecule has 4 aliphatic carbocycles. The van der Waals surface area contributed by atoms with E-state index in [2.05, 4.69) is 0 Å². The van der Waals surface area contributed by atoms with Crippen LogP contribution in [0.5, 0.6) is 0 Å². The number of hydrogen-bond donors (Lipinski definition) is 0.